The van der Waals surface area contributed by atoms with Gasteiger partial charge in [-0.1, -0.05) is 28.8 Å². The Hall–Kier alpha value is -1.20. The lowest BCUT2D eigenvalue weighted by molar-refractivity contribution is 0.0735. The number of fused-ring (bicyclic) bond motifs is 3. The van der Waals surface area contributed by atoms with Crippen LogP contribution >= 0.6 is 15.9 Å². The average Bonchev–Trinajstić information content (AvgIpc) is 3.00. The number of hydrogen-bond donors (Lipinski definition) is 1. The van der Waals surface area contributed by atoms with E-state index in [1.54, 1.807) is 10.9 Å². The van der Waals surface area contributed by atoms with Crippen molar-refractivity contribution in [3.63, 3.8) is 0 Å². The van der Waals surface area contributed by atoms with Gasteiger partial charge in [-0.15, -0.1) is 0 Å². The Morgan fingerprint density at radius 2 is 1.95 bits per heavy atom. The van der Waals surface area contributed by atoms with Crippen molar-refractivity contribution < 1.29 is 5.11 Å². The van der Waals surface area contributed by atoms with E-state index in [1.165, 1.54) is 11.1 Å². The molecule has 0 unspecified atom stereocenters. The molecule has 1 aromatic heterocycles. The highest BCUT2D eigenvalue weighted by Gasteiger charge is 2.27. The molecule has 1 fully saturated rings. The lowest BCUT2D eigenvalue weighted by Gasteiger charge is -2.29. The van der Waals surface area contributed by atoms with Crippen molar-refractivity contribution in [2.45, 2.75) is 57.1 Å². The minimum Gasteiger partial charge on any atom is -0.391 e. The van der Waals surface area contributed by atoms with Crippen LogP contribution in [0.25, 0.3) is 10.9 Å². The molecular formula is C17H19BrN2O2. The molecule has 2 aliphatic carbocycles. The van der Waals surface area contributed by atoms with Crippen LogP contribution in [0, 0.1) is 0 Å². The quantitative estimate of drug-likeness (QED) is 0.847. The van der Waals surface area contributed by atoms with Crippen LogP contribution in [-0.4, -0.2) is 20.8 Å². The summed E-state index contributed by atoms with van der Waals surface area (Å²) in [6.07, 6.45) is 8.08. The molecule has 2 atom stereocenters. The van der Waals surface area contributed by atoms with E-state index < -0.39 is 6.10 Å². The fraction of sp³-hybridized carbons (Fsp3) is 0.529. The van der Waals surface area contributed by atoms with Gasteiger partial charge in [0.2, 0.25) is 0 Å². The van der Waals surface area contributed by atoms with Gasteiger partial charge in [0.25, 0.3) is 5.56 Å². The first-order valence-electron chi connectivity index (χ1n) is 8.06. The smallest absolute Gasteiger partial charge is 0.261 e. The lowest BCUT2D eigenvalue weighted by Crippen LogP contribution is -2.34. The SMILES string of the molecule is O=c1c2cc(Br)c3c(c2ncn1[C@H]1CCCC[C@@H]1O)CCC3. The Morgan fingerprint density at radius 3 is 2.77 bits per heavy atom. The summed E-state index contributed by atoms with van der Waals surface area (Å²) < 4.78 is 2.67. The van der Waals surface area contributed by atoms with Crippen molar-refractivity contribution in [2.24, 2.45) is 0 Å². The normalized spacial score (nSPS) is 24.6. The molecule has 4 nitrogen and oxygen atoms in total. The molecule has 2 aliphatic rings. The third-order valence-electron chi connectivity index (χ3n) is 5.15. The van der Waals surface area contributed by atoms with Crippen molar-refractivity contribution in [1.29, 1.82) is 0 Å². The monoisotopic (exact) mass is 362 g/mol. The van der Waals surface area contributed by atoms with E-state index >= 15 is 0 Å². The van der Waals surface area contributed by atoms with Gasteiger partial charge in [0, 0.05) is 4.47 Å². The van der Waals surface area contributed by atoms with E-state index in [4.69, 9.17) is 0 Å². The number of nitrogens with zero attached hydrogens (tertiary/aromatic N) is 2. The average molecular weight is 363 g/mol. The summed E-state index contributed by atoms with van der Waals surface area (Å²) >= 11 is 3.61. The highest BCUT2D eigenvalue weighted by atomic mass is 79.9. The molecule has 1 heterocycles. The standard InChI is InChI=1S/C17H19BrN2O2/c18-13-8-12-16(11-5-3-4-10(11)13)19-9-20(17(12)22)14-6-1-2-7-15(14)21/h8-9,14-15,21H,1-7H2/t14-,15-/m0/s1. The molecule has 0 spiro atoms. The predicted octanol–water partition coefficient (Wildman–Crippen LogP) is 3.12. The van der Waals surface area contributed by atoms with Gasteiger partial charge in [0.15, 0.2) is 0 Å². The second-order valence-corrected chi connectivity index (χ2v) is 7.30. The van der Waals surface area contributed by atoms with Gasteiger partial charge < -0.3 is 5.11 Å². The lowest BCUT2D eigenvalue weighted by atomic mass is 9.92. The minimum atomic E-state index is -0.441. The number of hydrogen-bond acceptors (Lipinski definition) is 3. The highest BCUT2D eigenvalue weighted by Crippen LogP contribution is 2.34. The minimum absolute atomic E-state index is 0.0219. The number of aliphatic hydroxyl groups is 1. The van der Waals surface area contributed by atoms with E-state index in [2.05, 4.69) is 20.9 Å². The van der Waals surface area contributed by atoms with Gasteiger partial charge in [-0.05, 0) is 49.3 Å². The van der Waals surface area contributed by atoms with Crippen LogP contribution in [0.15, 0.2) is 21.7 Å². The first-order valence-corrected chi connectivity index (χ1v) is 8.85. The van der Waals surface area contributed by atoms with Gasteiger partial charge in [0.1, 0.15) is 0 Å². The summed E-state index contributed by atoms with van der Waals surface area (Å²) in [7, 11) is 0. The fourth-order valence-corrected chi connectivity index (χ4v) is 4.65. The van der Waals surface area contributed by atoms with E-state index in [-0.39, 0.29) is 11.6 Å². The number of benzene rings is 1. The predicted molar refractivity (Wildman–Crippen MR) is 89.2 cm³/mol. The van der Waals surface area contributed by atoms with Crippen molar-refractivity contribution in [3.8, 4) is 0 Å². The molecular weight excluding hydrogens is 344 g/mol. The van der Waals surface area contributed by atoms with Crippen molar-refractivity contribution in [2.75, 3.05) is 0 Å². The summed E-state index contributed by atoms with van der Waals surface area (Å²) in [6.45, 7) is 0. The van der Waals surface area contributed by atoms with Crippen LogP contribution in [0.1, 0.15) is 49.3 Å². The molecule has 0 amide bonds. The van der Waals surface area contributed by atoms with Crippen molar-refractivity contribution >= 4 is 26.8 Å². The zero-order valence-corrected chi connectivity index (χ0v) is 14.0. The Morgan fingerprint density at radius 1 is 1.18 bits per heavy atom. The van der Waals surface area contributed by atoms with Gasteiger partial charge in [-0.3, -0.25) is 9.36 Å². The van der Waals surface area contributed by atoms with Gasteiger partial charge in [-0.25, -0.2) is 4.98 Å². The van der Waals surface area contributed by atoms with Gasteiger partial charge >= 0.3 is 0 Å². The zero-order valence-electron chi connectivity index (χ0n) is 12.4. The Balaban J connectivity index is 1.91. The number of aryl methyl sites for hydroxylation is 1. The van der Waals surface area contributed by atoms with Crippen LogP contribution in [0.2, 0.25) is 0 Å². The Kier molecular flexibility index (Phi) is 3.57. The number of aromatic nitrogens is 2. The third kappa shape index (κ3) is 2.14. The molecule has 0 saturated heterocycles. The van der Waals surface area contributed by atoms with Crippen LogP contribution in [0.4, 0.5) is 0 Å². The Bertz CT molecular complexity index is 799. The molecule has 0 radical (unpaired) electrons. The maximum absolute atomic E-state index is 12.9. The van der Waals surface area contributed by atoms with Crippen LogP contribution in [0.3, 0.4) is 0 Å². The molecule has 1 N–H and O–H groups in total. The molecule has 1 aromatic carbocycles. The summed E-state index contributed by atoms with van der Waals surface area (Å²) in [5.74, 6) is 0. The second kappa shape index (κ2) is 5.46. The maximum Gasteiger partial charge on any atom is 0.261 e. The first kappa shape index (κ1) is 14.4. The van der Waals surface area contributed by atoms with Gasteiger partial charge in [0.05, 0.1) is 29.4 Å². The van der Waals surface area contributed by atoms with Crippen LogP contribution in [-0.2, 0) is 12.8 Å². The van der Waals surface area contributed by atoms with E-state index in [0.29, 0.717) is 5.39 Å². The number of aliphatic hydroxyl groups excluding tert-OH is 1. The summed E-state index contributed by atoms with van der Waals surface area (Å²) in [4.78, 5) is 17.5. The molecule has 4 rings (SSSR count). The number of halogens is 1. The maximum atomic E-state index is 12.9. The summed E-state index contributed by atoms with van der Waals surface area (Å²) in [6, 6.07) is 1.78. The summed E-state index contributed by atoms with van der Waals surface area (Å²) in [5, 5.41) is 10.9. The van der Waals surface area contributed by atoms with E-state index in [0.717, 1.165) is 54.9 Å². The molecule has 1 saturated carbocycles. The highest BCUT2D eigenvalue weighted by molar-refractivity contribution is 9.10. The van der Waals surface area contributed by atoms with E-state index in [1.807, 2.05) is 6.07 Å². The Labute approximate surface area is 137 Å². The molecule has 116 valence electrons. The molecule has 5 heteroatoms. The van der Waals surface area contributed by atoms with Crippen LogP contribution in [0.5, 0.6) is 0 Å². The molecule has 0 aliphatic heterocycles. The topological polar surface area (TPSA) is 55.1 Å². The summed E-state index contributed by atoms with van der Waals surface area (Å²) in [5.41, 5.74) is 3.35. The number of rotatable bonds is 1. The molecule has 2 aromatic rings. The zero-order chi connectivity index (χ0) is 15.3. The van der Waals surface area contributed by atoms with Crippen molar-refractivity contribution in [3.05, 3.63) is 38.3 Å². The largest absolute Gasteiger partial charge is 0.391 e. The van der Waals surface area contributed by atoms with E-state index in [9.17, 15) is 9.90 Å². The molecule has 22 heavy (non-hydrogen) atoms. The second-order valence-electron chi connectivity index (χ2n) is 6.44. The van der Waals surface area contributed by atoms with Crippen LogP contribution < -0.4 is 5.56 Å². The third-order valence-corrected chi connectivity index (χ3v) is 5.85. The fourth-order valence-electron chi connectivity index (χ4n) is 3.99. The molecule has 0 bridgehead atoms. The first-order chi connectivity index (χ1) is 10.7. The van der Waals surface area contributed by atoms with Gasteiger partial charge in [-0.2, -0.15) is 0 Å². The van der Waals surface area contributed by atoms with Crippen molar-refractivity contribution in [1.82, 2.24) is 9.55 Å².